The van der Waals surface area contributed by atoms with Crippen LogP contribution in [0.4, 0.5) is 5.69 Å². The minimum atomic E-state index is -0.0150. The molecule has 1 amide bonds. The highest BCUT2D eigenvalue weighted by Crippen LogP contribution is 2.17. The maximum absolute atomic E-state index is 11.9. The van der Waals surface area contributed by atoms with Gasteiger partial charge in [-0.3, -0.25) is 9.48 Å². The second kappa shape index (κ2) is 6.02. The van der Waals surface area contributed by atoms with Gasteiger partial charge in [-0.05, 0) is 38.1 Å². The molecule has 2 rings (SSSR count). The predicted molar refractivity (Wildman–Crippen MR) is 79.1 cm³/mol. The Kier molecular flexibility index (Phi) is 4.37. The highest BCUT2D eigenvalue weighted by atomic mass is 79.9. The minimum absolute atomic E-state index is 0.0150. The maximum atomic E-state index is 11.9. The lowest BCUT2D eigenvalue weighted by molar-refractivity contribution is -0.116. The summed E-state index contributed by atoms with van der Waals surface area (Å²) in [6.07, 6.45) is 2.29. The Hall–Kier alpha value is -1.62. The summed E-state index contributed by atoms with van der Waals surface area (Å²) in [7, 11) is 0. The zero-order valence-electron chi connectivity index (χ0n) is 10.9. The molecule has 1 atom stereocenters. The van der Waals surface area contributed by atoms with E-state index in [1.165, 1.54) is 0 Å². The second-order valence-corrected chi connectivity index (χ2v) is 5.46. The number of nitrogens with zero attached hydrogens (tertiary/aromatic N) is 2. The first-order chi connectivity index (χ1) is 9.04. The third kappa shape index (κ3) is 3.92. The molecule has 0 saturated heterocycles. The highest BCUT2D eigenvalue weighted by molar-refractivity contribution is 9.10. The molecule has 100 valence electrons. The van der Waals surface area contributed by atoms with Gasteiger partial charge >= 0.3 is 0 Å². The van der Waals surface area contributed by atoms with Crippen molar-refractivity contribution in [3.05, 3.63) is 46.7 Å². The molecule has 0 spiro atoms. The fraction of sp³-hybridized carbons (Fsp3) is 0.286. The summed E-state index contributed by atoms with van der Waals surface area (Å²) in [6.45, 7) is 3.91. The fourth-order valence-corrected chi connectivity index (χ4v) is 2.22. The average molecular weight is 322 g/mol. The smallest absolute Gasteiger partial charge is 0.226 e. The van der Waals surface area contributed by atoms with E-state index in [9.17, 15) is 4.79 Å². The molecular weight excluding hydrogens is 306 g/mol. The molecule has 1 aromatic heterocycles. The number of hydrogen-bond acceptors (Lipinski definition) is 2. The van der Waals surface area contributed by atoms with Gasteiger partial charge in [0.15, 0.2) is 0 Å². The largest absolute Gasteiger partial charge is 0.326 e. The van der Waals surface area contributed by atoms with Crippen LogP contribution >= 0.6 is 15.9 Å². The molecule has 1 heterocycles. The Morgan fingerprint density at radius 1 is 1.47 bits per heavy atom. The molecule has 0 saturated carbocycles. The Balaban J connectivity index is 1.94. The van der Waals surface area contributed by atoms with Gasteiger partial charge in [-0.1, -0.05) is 22.0 Å². The van der Waals surface area contributed by atoms with Gasteiger partial charge in [-0.25, -0.2) is 0 Å². The van der Waals surface area contributed by atoms with E-state index in [0.29, 0.717) is 6.42 Å². The number of hydrogen-bond donors (Lipinski definition) is 1. The molecule has 0 bridgehead atoms. The van der Waals surface area contributed by atoms with Crippen molar-refractivity contribution < 1.29 is 4.79 Å². The van der Waals surface area contributed by atoms with Crippen molar-refractivity contribution in [3.8, 4) is 0 Å². The van der Waals surface area contributed by atoms with Gasteiger partial charge in [0.1, 0.15) is 0 Å². The van der Waals surface area contributed by atoms with Crippen LogP contribution in [0.3, 0.4) is 0 Å². The van der Waals surface area contributed by atoms with Gasteiger partial charge in [0.2, 0.25) is 5.91 Å². The number of carbonyl (C=O) groups excluding carboxylic acids is 1. The summed E-state index contributed by atoms with van der Waals surface area (Å²) in [5, 5.41) is 7.19. The average Bonchev–Trinajstić information content (AvgIpc) is 2.75. The second-order valence-electron chi connectivity index (χ2n) is 4.55. The van der Waals surface area contributed by atoms with Crippen LogP contribution in [0.1, 0.15) is 25.1 Å². The lowest BCUT2D eigenvalue weighted by Crippen LogP contribution is -2.18. The van der Waals surface area contributed by atoms with Crippen molar-refractivity contribution in [2.45, 2.75) is 26.3 Å². The van der Waals surface area contributed by atoms with Crippen molar-refractivity contribution in [2.75, 3.05) is 5.32 Å². The predicted octanol–water partition coefficient (Wildman–Crippen LogP) is 3.54. The monoisotopic (exact) mass is 321 g/mol. The third-order valence-corrected chi connectivity index (χ3v) is 3.28. The van der Waals surface area contributed by atoms with Gasteiger partial charge in [0, 0.05) is 22.8 Å². The van der Waals surface area contributed by atoms with Crippen molar-refractivity contribution >= 4 is 27.5 Å². The van der Waals surface area contributed by atoms with Crippen LogP contribution in [0.25, 0.3) is 0 Å². The molecule has 5 heteroatoms. The van der Waals surface area contributed by atoms with Gasteiger partial charge in [0.25, 0.3) is 0 Å². The summed E-state index contributed by atoms with van der Waals surface area (Å²) in [4.78, 5) is 11.9. The van der Waals surface area contributed by atoms with Gasteiger partial charge in [-0.15, -0.1) is 0 Å². The first-order valence-corrected chi connectivity index (χ1v) is 6.91. The SMILES string of the molecule is Cc1ccn([C@H](C)CC(=O)Nc2cccc(Br)c2)n1. The molecule has 0 aliphatic heterocycles. The molecule has 0 fully saturated rings. The Bertz CT molecular complexity index is 580. The minimum Gasteiger partial charge on any atom is -0.326 e. The number of amides is 1. The molecular formula is C14H16BrN3O. The van der Waals surface area contributed by atoms with Crippen molar-refractivity contribution in [3.63, 3.8) is 0 Å². The summed E-state index contributed by atoms with van der Waals surface area (Å²) >= 11 is 3.38. The number of aromatic nitrogens is 2. The lowest BCUT2D eigenvalue weighted by Gasteiger charge is -2.12. The van der Waals surface area contributed by atoms with Crippen LogP contribution in [0.15, 0.2) is 41.0 Å². The number of carbonyl (C=O) groups is 1. The zero-order valence-corrected chi connectivity index (χ0v) is 12.5. The molecule has 0 aliphatic rings. The Morgan fingerprint density at radius 2 is 2.26 bits per heavy atom. The number of rotatable bonds is 4. The van der Waals surface area contributed by atoms with Crippen molar-refractivity contribution in [1.82, 2.24) is 9.78 Å². The number of nitrogens with one attached hydrogen (secondary N) is 1. The molecule has 0 unspecified atom stereocenters. The third-order valence-electron chi connectivity index (χ3n) is 2.78. The molecule has 1 N–H and O–H groups in total. The van der Waals surface area contributed by atoms with E-state index in [1.54, 1.807) is 0 Å². The molecule has 4 nitrogen and oxygen atoms in total. The Labute approximate surface area is 120 Å². The van der Waals surface area contributed by atoms with Crippen LogP contribution in [0, 0.1) is 6.92 Å². The molecule has 19 heavy (non-hydrogen) atoms. The first kappa shape index (κ1) is 13.8. The summed E-state index contributed by atoms with van der Waals surface area (Å²) < 4.78 is 2.76. The van der Waals surface area contributed by atoms with E-state index in [-0.39, 0.29) is 11.9 Å². The Morgan fingerprint density at radius 3 is 2.89 bits per heavy atom. The van der Waals surface area contributed by atoms with E-state index < -0.39 is 0 Å². The van der Waals surface area contributed by atoms with Crippen LogP contribution < -0.4 is 5.32 Å². The fourth-order valence-electron chi connectivity index (χ4n) is 1.82. The topological polar surface area (TPSA) is 46.9 Å². The molecule has 0 radical (unpaired) electrons. The van der Waals surface area contributed by atoms with Crippen molar-refractivity contribution in [1.29, 1.82) is 0 Å². The standard InChI is InChI=1S/C14H16BrN3O/c1-10-6-7-18(17-10)11(2)8-14(19)16-13-5-3-4-12(15)9-13/h3-7,9,11H,8H2,1-2H3,(H,16,19)/t11-/m1/s1. The number of aryl methyl sites for hydroxylation is 1. The quantitative estimate of drug-likeness (QED) is 0.936. The van der Waals surface area contributed by atoms with E-state index in [4.69, 9.17) is 0 Å². The van der Waals surface area contributed by atoms with E-state index in [0.717, 1.165) is 15.9 Å². The zero-order chi connectivity index (χ0) is 13.8. The maximum Gasteiger partial charge on any atom is 0.226 e. The van der Waals surface area contributed by atoms with Gasteiger partial charge in [0.05, 0.1) is 11.7 Å². The summed E-state index contributed by atoms with van der Waals surface area (Å²) in [6, 6.07) is 9.53. The van der Waals surface area contributed by atoms with E-state index in [1.807, 2.05) is 55.1 Å². The van der Waals surface area contributed by atoms with Gasteiger partial charge in [-0.2, -0.15) is 5.10 Å². The number of anilines is 1. The highest BCUT2D eigenvalue weighted by Gasteiger charge is 2.11. The normalized spacial score (nSPS) is 12.2. The number of halogens is 1. The molecule has 1 aromatic carbocycles. The first-order valence-electron chi connectivity index (χ1n) is 6.12. The molecule has 2 aromatic rings. The summed E-state index contributed by atoms with van der Waals surface area (Å²) in [5.41, 5.74) is 1.75. The van der Waals surface area contributed by atoms with Crippen molar-refractivity contribution in [2.24, 2.45) is 0 Å². The van der Waals surface area contributed by atoms with Crippen LogP contribution in [0.5, 0.6) is 0 Å². The van der Waals surface area contributed by atoms with Gasteiger partial charge < -0.3 is 5.32 Å². The van der Waals surface area contributed by atoms with Crippen LogP contribution in [0.2, 0.25) is 0 Å². The number of benzene rings is 1. The molecule has 0 aliphatic carbocycles. The van der Waals surface area contributed by atoms with E-state index >= 15 is 0 Å². The van der Waals surface area contributed by atoms with Crippen LogP contribution in [-0.4, -0.2) is 15.7 Å². The van der Waals surface area contributed by atoms with Crippen LogP contribution in [-0.2, 0) is 4.79 Å². The summed E-state index contributed by atoms with van der Waals surface area (Å²) in [5.74, 6) is -0.0150. The lowest BCUT2D eigenvalue weighted by atomic mass is 10.2. The van der Waals surface area contributed by atoms with E-state index in [2.05, 4.69) is 26.3 Å².